The fourth-order valence-corrected chi connectivity index (χ4v) is 3.40. The van der Waals surface area contributed by atoms with Gasteiger partial charge in [0.2, 0.25) is 0 Å². The first-order valence-electron chi connectivity index (χ1n) is 11.2. The minimum Gasteiger partial charge on any atom is -0.487 e. The van der Waals surface area contributed by atoms with Gasteiger partial charge in [-0.05, 0) is 42.2 Å². The van der Waals surface area contributed by atoms with Gasteiger partial charge in [0.05, 0.1) is 26.4 Å². The van der Waals surface area contributed by atoms with E-state index in [9.17, 15) is 0 Å². The van der Waals surface area contributed by atoms with Gasteiger partial charge in [0.15, 0.2) is 23.0 Å². The van der Waals surface area contributed by atoms with E-state index in [2.05, 4.69) is 26.0 Å². The Kier molecular flexibility index (Phi) is 9.80. The standard InChI is InChI=1S/C25H34O6/c1-3-6-20(2)21-9-10-24-25(19-21)31-18-14-27-12-16-29-23-8-5-4-7-22(23)28-15-11-26-13-17-30-24/h4-5,7-10,19-20H,3,6,11-18H2,1-2H3/t20-/m0/s1. The van der Waals surface area contributed by atoms with E-state index in [0.717, 1.165) is 24.3 Å². The SMILES string of the molecule is CCC[C@H](C)c1ccc2c(c1)OCCOCCOc1ccccc1OCCOCCO2. The third-order valence-electron chi connectivity index (χ3n) is 5.05. The zero-order valence-corrected chi connectivity index (χ0v) is 18.6. The summed E-state index contributed by atoms with van der Waals surface area (Å²) in [5.41, 5.74) is 1.26. The van der Waals surface area contributed by atoms with Crippen molar-refractivity contribution in [1.29, 1.82) is 0 Å². The van der Waals surface area contributed by atoms with Crippen LogP contribution < -0.4 is 18.9 Å². The number of rotatable bonds is 3. The zero-order valence-electron chi connectivity index (χ0n) is 18.6. The van der Waals surface area contributed by atoms with Crippen LogP contribution in [0.3, 0.4) is 0 Å². The molecule has 0 radical (unpaired) electrons. The molecule has 1 aliphatic rings. The number of benzene rings is 2. The van der Waals surface area contributed by atoms with Crippen molar-refractivity contribution in [3.05, 3.63) is 48.0 Å². The third kappa shape index (κ3) is 7.64. The molecule has 170 valence electrons. The maximum atomic E-state index is 6.01. The lowest BCUT2D eigenvalue weighted by Crippen LogP contribution is -2.15. The van der Waals surface area contributed by atoms with Gasteiger partial charge in [-0.15, -0.1) is 0 Å². The summed E-state index contributed by atoms with van der Waals surface area (Å²) in [4.78, 5) is 0. The molecule has 1 heterocycles. The van der Waals surface area contributed by atoms with Crippen LogP contribution in [0.1, 0.15) is 38.2 Å². The largest absolute Gasteiger partial charge is 0.487 e. The topological polar surface area (TPSA) is 55.4 Å². The highest BCUT2D eigenvalue weighted by Crippen LogP contribution is 2.32. The van der Waals surface area contributed by atoms with E-state index in [0.29, 0.717) is 70.3 Å². The van der Waals surface area contributed by atoms with E-state index in [1.165, 1.54) is 5.56 Å². The van der Waals surface area contributed by atoms with Crippen LogP contribution in [0.2, 0.25) is 0 Å². The lowest BCUT2D eigenvalue weighted by atomic mass is 9.96. The van der Waals surface area contributed by atoms with E-state index >= 15 is 0 Å². The molecule has 6 heteroatoms. The molecular weight excluding hydrogens is 396 g/mol. The predicted octanol–water partition coefficient (Wildman–Crippen LogP) is 4.85. The van der Waals surface area contributed by atoms with Crippen molar-refractivity contribution in [2.45, 2.75) is 32.6 Å². The van der Waals surface area contributed by atoms with Crippen LogP contribution >= 0.6 is 0 Å². The van der Waals surface area contributed by atoms with Crippen molar-refractivity contribution in [2.24, 2.45) is 0 Å². The Hall–Kier alpha value is -2.44. The average Bonchev–Trinajstić information content (AvgIpc) is 2.78. The summed E-state index contributed by atoms with van der Waals surface area (Å²) < 4.78 is 34.9. The summed E-state index contributed by atoms with van der Waals surface area (Å²) in [6.07, 6.45) is 2.29. The monoisotopic (exact) mass is 430 g/mol. The number of hydrogen-bond acceptors (Lipinski definition) is 6. The maximum absolute atomic E-state index is 6.01. The molecule has 0 fully saturated rings. The minimum atomic E-state index is 0.440. The predicted molar refractivity (Wildman–Crippen MR) is 120 cm³/mol. The molecule has 0 N–H and O–H groups in total. The third-order valence-corrected chi connectivity index (χ3v) is 5.05. The molecule has 0 aliphatic carbocycles. The Morgan fingerprint density at radius 3 is 1.65 bits per heavy atom. The molecule has 31 heavy (non-hydrogen) atoms. The Labute approximate surface area is 185 Å². The molecule has 3 rings (SSSR count). The Bertz CT molecular complexity index is 778. The number of para-hydroxylation sites is 2. The number of fused-ring (bicyclic) bond motifs is 2. The first-order valence-corrected chi connectivity index (χ1v) is 11.2. The number of hydrogen-bond donors (Lipinski definition) is 0. The van der Waals surface area contributed by atoms with Gasteiger partial charge in [0.1, 0.15) is 26.4 Å². The van der Waals surface area contributed by atoms with E-state index in [-0.39, 0.29) is 0 Å². The van der Waals surface area contributed by atoms with Gasteiger partial charge in [-0.2, -0.15) is 0 Å². The van der Waals surface area contributed by atoms with Crippen molar-refractivity contribution in [2.75, 3.05) is 52.9 Å². The summed E-state index contributed by atoms with van der Waals surface area (Å²) in [7, 11) is 0. The Balaban J connectivity index is 1.61. The van der Waals surface area contributed by atoms with Crippen LogP contribution in [-0.2, 0) is 9.47 Å². The van der Waals surface area contributed by atoms with E-state index in [4.69, 9.17) is 28.4 Å². The van der Waals surface area contributed by atoms with Crippen LogP contribution in [-0.4, -0.2) is 52.9 Å². The highest BCUT2D eigenvalue weighted by Gasteiger charge is 2.12. The van der Waals surface area contributed by atoms with Crippen molar-refractivity contribution in [3.63, 3.8) is 0 Å². The van der Waals surface area contributed by atoms with Gasteiger partial charge in [-0.3, -0.25) is 0 Å². The highest BCUT2D eigenvalue weighted by atomic mass is 16.6. The van der Waals surface area contributed by atoms with Crippen LogP contribution in [0.4, 0.5) is 0 Å². The normalized spacial score (nSPS) is 17.2. The van der Waals surface area contributed by atoms with Gasteiger partial charge in [-0.1, -0.05) is 38.5 Å². The first-order chi connectivity index (χ1) is 15.3. The molecule has 0 amide bonds. The molecule has 1 aliphatic heterocycles. The van der Waals surface area contributed by atoms with Crippen LogP contribution in [0.15, 0.2) is 42.5 Å². The molecular formula is C25H34O6. The fraction of sp³-hybridized carbons (Fsp3) is 0.520. The Morgan fingerprint density at radius 1 is 0.645 bits per heavy atom. The summed E-state index contributed by atoms with van der Waals surface area (Å²) in [5.74, 6) is 3.36. The van der Waals surface area contributed by atoms with Crippen LogP contribution in [0.25, 0.3) is 0 Å². The summed E-state index contributed by atoms with van der Waals surface area (Å²) in [5, 5.41) is 0. The highest BCUT2D eigenvalue weighted by molar-refractivity contribution is 5.44. The smallest absolute Gasteiger partial charge is 0.161 e. The molecule has 0 aromatic heterocycles. The number of ether oxygens (including phenoxy) is 6. The first kappa shape index (κ1) is 23.2. The van der Waals surface area contributed by atoms with Gasteiger partial charge in [0.25, 0.3) is 0 Å². The lowest BCUT2D eigenvalue weighted by molar-refractivity contribution is 0.0640. The van der Waals surface area contributed by atoms with Crippen LogP contribution in [0.5, 0.6) is 23.0 Å². The quantitative estimate of drug-likeness (QED) is 0.694. The molecule has 0 bridgehead atoms. The molecule has 2 aromatic rings. The van der Waals surface area contributed by atoms with Gasteiger partial charge in [0, 0.05) is 0 Å². The lowest BCUT2D eigenvalue weighted by Gasteiger charge is -2.17. The summed E-state index contributed by atoms with van der Waals surface area (Å²) in [6.45, 7) is 8.09. The average molecular weight is 431 g/mol. The second kappa shape index (κ2) is 13.1. The molecule has 6 nitrogen and oxygen atoms in total. The van der Waals surface area contributed by atoms with E-state index in [1.54, 1.807) is 0 Å². The molecule has 0 unspecified atom stereocenters. The van der Waals surface area contributed by atoms with Crippen molar-refractivity contribution >= 4 is 0 Å². The molecule has 0 spiro atoms. The maximum Gasteiger partial charge on any atom is 0.161 e. The fourth-order valence-electron chi connectivity index (χ4n) is 3.40. The van der Waals surface area contributed by atoms with E-state index < -0.39 is 0 Å². The molecule has 1 atom stereocenters. The van der Waals surface area contributed by atoms with Gasteiger partial charge < -0.3 is 28.4 Å². The van der Waals surface area contributed by atoms with Gasteiger partial charge >= 0.3 is 0 Å². The minimum absolute atomic E-state index is 0.440. The van der Waals surface area contributed by atoms with Crippen LogP contribution in [0, 0.1) is 0 Å². The van der Waals surface area contributed by atoms with Crippen molar-refractivity contribution in [3.8, 4) is 23.0 Å². The zero-order chi connectivity index (χ0) is 21.7. The molecule has 2 aromatic carbocycles. The second-order valence-corrected chi connectivity index (χ2v) is 7.46. The van der Waals surface area contributed by atoms with E-state index in [1.807, 2.05) is 30.3 Å². The van der Waals surface area contributed by atoms with Gasteiger partial charge in [-0.25, -0.2) is 0 Å². The van der Waals surface area contributed by atoms with Crippen molar-refractivity contribution in [1.82, 2.24) is 0 Å². The molecule has 0 saturated carbocycles. The summed E-state index contributed by atoms with van der Waals surface area (Å²) >= 11 is 0. The second-order valence-electron chi connectivity index (χ2n) is 7.46. The summed E-state index contributed by atoms with van der Waals surface area (Å²) in [6, 6.07) is 13.8. The van der Waals surface area contributed by atoms with Crippen molar-refractivity contribution < 1.29 is 28.4 Å². The Morgan fingerprint density at radius 2 is 1.13 bits per heavy atom. The molecule has 0 saturated heterocycles.